The van der Waals surface area contributed by atoms with E-state index in [9.17, 15) is 74.8 Å². The first kappa shape index (κ1) is 58.5. The summed E-state index contributed by atoms with van der Waals surface area (Å²) in [5, 5.41) is 45.9. The van der Waals surface area contributed by atoms with Gasteiger partial charge in [-0.3, -0.25) is 62.3 Å². The fourth-order valence-corrected chi connectivity index (χ4v) is 10.1. The molecule has 4 aromatic rings. The highest BCUT2D eigenvalue weighted by Crippen LogP contribution is 2.44. The minimum absolute atomic E-state index is 0.0856. The number of aromatic hydroxyl groups is 1. The lowest BCUT2D eigenvalue weighted by atomic mass is 10.00. The van der Waals surface area contributed by atoms with Crippen LogP contribution in [0.5, 0.6) is 5.75 Å². The maximum absolute atomic E-state index is 14.1. The number of nitrogen functional groups attached to an aromatic ring is 1. The van der Waals surface area contributed by atoms with Gasteiger partial charge in [-0.25, -0.2) is 0 Å². The number of hydrogen-bond donors (Lipinski definition) is 9. The Balaban J connectivity index is 1.15. The predicted molar refractivity (Wildman–Crippen MR) is 278 cm³/mol. The molecule has 0 spiro atoms. The molecule has 1 saturated heterocycles. The molecule has 0 bridgehead atoms. The Kier molecular flexibility index (Phi) is 19.3. The van der Waals surface area contributed by atoms with E-state index in [2.05, 4.69) is 26.2 Å². The van der Waals surface area contributed by atoms with Crippen LogP contribution in [0.2, 0.25) is 0 Å². The molecule has 77 heavy (non-hydrogen) atoms. The highest BCUT2D eigenvalue weighted by molar-refractivity contribution is 7.87. The van der Waals surface area contributed by atoms with Gasteiger partial charge in [-0.2, -0.15) is 21.9 Å². The van der Waals surface area contributed by atoms with Crippen LogP contribution in [0.3, 0.4) is 0 Å². The second kappa shape index (κ2) is 25.4. The van der Waals surface area contributed by atoms with E-state index < -0.39 is 88.5 Å². The number of phenolic OH excluding ortho intramolecular Hbond substituents is 1. The average Bonchev–Trinajstić information content (AvgIpc) is 3.70. The molecule has 5 amide bonds. The van der Waals surface area contributed by atoms with E-state index in [4.69, 9.17) is 5.73 Å². The molecule has 1 atom stereocenters. The van der Waals surface area contributed by atoms with Gasteiger partial charge >= 0.3 is 11.9 Å². The number of carboxylic acids is 2. The first-order valence-corrected chi connectivity index (χ1v) is 26.8. The number of carboxylic acid groups (broad SMARTS) is 2. The Bertz CT molecular complexity index is 3230. The topological polar surface area (TPSA) is 389 Å². The third-order valence-corrected chi connectivity index (χ3v) is 14.5. The first-order chi connectivity index (χ1) is 36.3. The molecule has 412 valence electrons. The maximum atomic E-state index is 14.1. The molecular formula is C49H58N10O16S2. The van der Waals surface area contributed by atoms with Crippen molar-refractivity contribution in [1.29, 1.82) is 0 Å². The number of azo groups is 1. The van der Waals surface area contributed by atoms with Crippen LogP contribution in [0, 0.1) is 13.8 Å². The lowest BCUT2D eigenvalue weighted by Gasteiger charge is -2.26. The zero-order chi connectivity index (χ0) is 56.4. The fourth-order valence-electron chi connectivity index (χ4n) is 8.63. The summed E-state index contributed by atoms with van der Waals surface area (Å²) in [5.41, 5.74) is 8.46. The van der Waals surface area contributed by atoms with Gasteiger partial charge in [0.05, 0.1) is 36.4 Å². The summed E-state index contributed by atoms with van der Waals surface area (Å²) in [6.07, 6.45) is 3.06. The number of fused-ring (bicyclic) bond motifs is 1. The van der Waals surface area contributed by atoms with Gasteiger partial charge in [0, 0.05) is 82.0 Å². The normalized spacial score (nSPS) is 15.6. The van der Waals surface area contributed by atoms with E-state index in [0.717, 1.165) is 34.2 Å². The van der Waals surface area contributed by atoms with Gasteiger partial charge in [0.15, 0.2) is 5.75 Å². The van der Waals surface area contributed by atoms with E-state index in [1.54, 1.807) is 58.9 Å². The molecule has 2 heterocycles. The molecular weight excluding hydrogens is 1050 g/mol. The van der Waals surface area contributed by atoms with Crippen molar-refractivity contribution in [3.63, 3.8) is 0 Å². The van der Waals surface area contributed by atoms with Gasteiger partial charge in [0.2, 0.25) is 17.7 Å². The molecule has 0 unspecified atom stereocenters. The number of carbonyl (C=O) groups is 7. The third-order valence-electron chi connectivity index (χ3n) is 12.7. The number of imide groups is 1. The molecule has 2 aliphatic heterocycles. The molecule has 6 rings (SSSR count). The van der Waals surface area contributed by atoms with Crippen molar-refractivity contribution in [1.82, 2.24) is 30.2 Å². The summed E-state index contributed by atoms with van der Waals surface area (Å²) >= 11 is 0. The molecule has 0 aliphatic carbocycles. The molecule has 0 saturated carbocycles. The number of amides is 5. The minimum atomic E-state index is -5.12. The number of carbonyl (C=O) groups excluding carboxylic acids is 5. The van der Waals surface area contributed by atoms with Gasteiger partial charge in [0.25, 0.3) is 32.1 Å². The van der Waals surface area contributed by atoms with Crippen molar-refractivity contribution in [2.24, 2.45) is 10.2 Å². The number of aliphatic carboxylic acids is 2. The number of phenols is 1. The number of nitrogens with one attached hydrogen (secondary N) is 3. The van der Waals surface area contributed by atoms with Crippen LogP contribution in [0.4, 0.5) is 22.7 Å². The highest BCUT2D eigenvalue weighted by Gasteiger charge is 2.29. The Hall–Kier alpha value is -7.73. The summed E-state index contributed by atoms with van der Waals surface area (Å²) in [7, 11) is -10.2. The zero-order valence-electron chi connectivity index (χ0n) is 41.8. The van der Waals surface area contributed by atoms with E-state index >= 15 is 0 Å². The van der Waals surface area contributed by atoms with E-state index in [1.807, 2.05) is 6.07 Å². The lowest BCUT2D eigenvalue weighted by Crippen LogP contribution is -2.49. The van der Waals surface area contributed by atoms with Gasteiger partial charge in [-0.05, 0) is 91.8 Å². The number of nitrogens with two attached hydrogens (primary N) is 1. The van der Waals surface area contributed by atoms with Crippen LogP contribution in [0.25, 0.3) is 21.9 Å². The Morgan fingerprint density at radius 3 is 1.77 bits per heavy atom. The number of unbranched alkanes of at least 4 members (excludes halogenated alkanes) is 1. The van der Waals surface area contributed by atoms with Crippen molar-refractivity contribution in [3.8, 4) is 16.9 Å². The monoisotopic (exact) mass is 1110 g/mol. The zero-order valence-corrected chi connectivity index (χ0v) is 43.5. The fraction of sp³-hybridized carbons (Fsp3) is 0.367. The maximum Gasteiger partial charge on any atom is 0.317 e. The van der Waals surface area contributed by atoms with Crippen LogP contribution in [-0.2, 0) is 53.8 Å². The summed E-state index contributed by atoms with van der Waals surface area (Å²) in [5.74, 6) is -5.34. The van der Waals surface area contributed by atoms with E-state index in [1.165, 1.54) is 6.07 Å². The molecule has 26 nitrogen and oxygen atoms in total. The van der Waals surface area contributed by atoms with Crippen LogP contribution in [0.15, 0.2) is 86.8 Å². The number of rotatable bonds is 22. The van der Waals surface area contributed by atoms with Gasteiger partial charge in [0.1, 0.15) is 21.5 Å². The molecule has 28 heteroatoms. The van der Waals surface area contributed by atoms with Crippen molar-refractivity contribution in [3.05, 3.63) is 77.9 Å². The van der Waals surface area contributed by atoms with Gasteiger partial charge < -0.3 is 37.0 Å². The minimum Gasteiger partial charge on any atom is -0.505 e. The number of aryl methyl sites for hydroxylation is 2. The molecule has 10 N–H and O–H groups in total. The molecule has 4 aromatic carbocycles. The molecule has 0 radical (unpaired) electrons. The van der Waals surface area contributed by atoms with Crippen LogP contribution in [-0.4, -0.2) is 180 Å². The SMILES string of the molecule is Cc1cc(-c2ccc(NC(=O)[C@@H](CCCCNC(=O)CCN3C(=O)C=CC3=O)NC(=O)CN3CCN(CC(=O)O)CCN(CC(=O)O)CC3)c(C)c2)ccc1/N=N/c1ccc2c(S(=O)(=O)O)cc(S(=O)(=O)O)c(N)c2c1O. The quantitative estimate of drug-likeness (QED) is 0.0179. The lowest BCUT2D eigenvalue weighted by molar-refractivity contribution is -0.140. The summed E-state index contributed by atoms with van der Waals surface area (Å²) in [6, 6.07) is 12.1. The van der Waals surface area contributed by atoms with E-state index in [-0.39, 0.29) is 88.7 Å². The van der Waals surface area contributed by atoms with Crippen molar-refractivity contribution < 1.29 is 74.8 Å². The van der Waals surface area contributed by atoms with Crippen LogP contribution < -0.4 is 21.7 Å². The van der Waals surface area contributed by atoms with Crippen LogP contribution in [0.1, 0.15) is 36.8 Å². The van der Waals surface area contributed by atoms with Gasteiger partial charge in [-0.15, -0.1) is 5.11 Å². The smallest absolute Gasteiger partial charge is 0.317 e. The second-order valence-electron chi connectivity index (χ2n) is 18.3. The molecule has 0 aromatic heterocycles. The number of nitrogens with zero attached hydrogens (tertiary/aromatic N) is 6. The first-order valence-electron chi connectivity index (χ1n) is 24.0. The largest absolute Gasteiger partial charge is 0.505 e. The summed E-state index contributed by atoms with van der Waals surface area (Å²) < 4.78 is 67.7. The number of anilines is 2. The molecule has 1 fully saturated rings. The summed E-state index contributed by atoms with van der Waals surface area (Å²) in [4.78, 5) is 91.2. The van der Waals surface area contributed by atoms with Crippen LogP contribution >= 0.6 is 0 Å². The standard InChI is InChI=1S/C49H58N10O16S2/c1-29-23-31(32-7-10-35(30(2)24-32)54-55-36-11-8-33-38(76(70,71)72)25-39(77(73,74)75)47(50)46(33)48(36)68)6-9-34(29)53-49(69)37(5-3-4-15-51-40(60)14-16-59-42(62)12-13-43(59)63)52-41(61)26-56-17-19-57(27-44(64)65)21-22-58(20-18-56)28-45(66)67/h6-13,23-25,37,68H,3-5,14-22,26-28,50H2,1-2H3,(H,51,60)(H,52,61)(H,53,69)(H,64,65)(H,66,67)(H,70,71,72)(H,73,74,75)/b55-54+/t37-/m1/s1. The number of hydrogen-bond acceptors (Lipinski definition) is 18. The average molecular weight is 1110 g/mol. The van der Waals surface area contributed by atoms with Crippen molar-refractivity contribution >= 4 is 95.2 Å². The Morgan fingerprint density at radius 2 is 1.22 bits per heavy atom. The predicted octanol–water partition coefficient (Wildman–Crippen LogP) is 2.43. The summed E-state index contributed by atoms with van der Waals surface area (Å²) in [6.45, 7) is 4.62. The van der Waals surface area contributed by atoms with Gasteiger partial charge in [-0.1, -0.05) is 18.2 Å². The van der Waals surface area contributed by atoms with Crippen molar-refractivity contribution in [2.45, 2.75) is 55.4 Å². The number of benzene rings is 4. The third kappa shape index (κ3) is 15.9. The second-order valence-corrected chi connectivity index (χ2v) is 21.1. The highest BCUT2D eigenvalue weighted by atomic mass is 32.2. The molecule has 2 aliphatic rings. The Morgan fingerprint density at radius 1 is 0.688 bits per heavy atom. The van der Waals surface area contributed by atoms with Crippen molar-refractivity contribution in [2.75, 3.05) is 83.0 Å². The van der Waals surface area contributed by atoms with E-state index in [0.29, 0.717) is 54.5 Å². The Labute approximate surface area is 442 Å².